The number of hydrogen-bond donors (Lipinski definition) is 4. The fourth-order valence-electron chi connectivity index (χ4n) is 4.29. The number of halogens is 2. The first kappa shape index (κ1) is 25.2. The maximum absolute atomic E-state index is 13.8. The third-order valence-corrected chi connectivity index (χ3v) is 8.18. The van der Waals surface area contributed by atoms with Crippen LogP contribution in [-0.2, 0) is 22.1 Å². The van der Waals surface area contributed by atoms with Gasteiger partial charge in [0.05, 0.1) is 21.7 Å². The summed E-state index contributed by atoms with van der Waals surface area (Å²) < 4.78 is 55.3. The third-order valence-electron chi connectivity index (χ3n) is 6.19. The number of fused-ring (bicyclic) bond motifs is 1. The van der Waals surface area contributed by atoms with Crippen LogP contribution in [0.4, 0.5) is 20.4 Å². The maximum Gasteiger partial charge on any atom is 0.273 e. The van der Waals surface area contributed by atoms with Crippen LogP contribution in [-0.4, -0.2) is 44.7 Å². The van der Waals surface area contributed by atoms with Crippen LogP contribution in [0.2, 0.25) is 0 Å². The number of carbonyl (C=O) groups is 2. The predicted molar refractivity (Wildman–Crippen MR) is 132 cm³/mol. The number of amides is 2. The van der Waals surface area contributed by atoms with Gasteiger partial charge in [0.25, 0.3) is 11.8 Å². The van der Waals surface area contributed by atoms with E-state index >= 15 is 0 Å². The van der Waals surface area contributed by atoms with Gasteiger partial charge in [-0.3, -0.25) is 14.7 Å². The zero-order valence-electron chi connectivity index (χ0n) is 20.0. The fourth-order valence-corrected chi connectivity index (χ4v) is 6.06. The highest BCUT2D eigenvalue weighted by Gasteiger charge is 2.48. The summed E-state index contributed by atoms with van der Waals surface area (Å²) in [7, 11) is -4.34. The quantitative estimate of drug-likeness (QED) is 0.294. The molecule has 14 heteroatoms. The zero-order valence-corrected chi connectivity index (χ0v) is 20.9. The molecule has 5 rings (SSSR count). The molecular formula is C24H21F2N7O4S. The molecule has 38 heavy (non-hydrogen) atoms. The molecule has 0 saturated carbocycles. The van der Waals surface area contributed by atoms with Gasteiger partial charge in [0.2, 0.25) is 10.0 Å². The summed E-state index contributed by atoms with van der Waals surface area (Å²) in [6, 6.07) is 8.25. The lowest BCUT2D eigenvalue weighted by Crippen LogP contribution is -2.40. The van der Waals surface area contributed by atoms with Crippen molar-refractivity contribution in [2.45, 2.75) is 30.8 Å². The summed E-state index contributed by atoms with van der Waals surface area (Å²) in [5.41, 5.74) is -0.0875. The number of nitrogens with zero attached hydrogens (tertiary/aromatic N) is 3. The second-order valence-corrected chi connectivity index (χ2v) is 10.9. The molecule has 2 amide bonds. The third kappa shape index (κ3) is 4.33. The van der Waals surface area contributed by atoms with Gasteiger partial charge in [-0.05, 0) is 50.2 Å². The van der Waals surface area contributed by atoms with Crippen LogP contribution in [0.15, 0.2) is 59.8 Å². The van der Waals surface area contributed by atoms with E-state index in [-0.39, 0.29) is 29.4 Å². The molecule has 4 N–H and O–H groups in total. The Bertz CT molecular complexity index is 1650. The summed E-state index contributed by atoms with van der Waals surface area (Å²) in [6.45, 7) is 2.98. The number of carbonyl (C=O) groups excluding carboxylic acids is 2. The Kier molecular flexibility index (Phi) is 6.07. The van der Waals surface area contributed by atoms with E-state index in [1.807, 2.05) is 0 Å². The van der Waals surface area contributed by atoms with Crippen LogP contribution in [0.5, 0.6) is 0 Å². The SMILES string of the molecule is CC1(C)c2[nH]nc(NC(=O)c3cccnc3NC(=O)c3ccc[nH]3)c2CN1S(=O)(=O)c1cc(F)cc(F)c1. The molecule has 1 aliphatic rings. The Morgan fingerprint density at radius 2 is 1.74 bits per heavy atom. The number of pyridine rings is 1. The van der Waals surface area contributed by atoms with Crippen molar-refractivity contribution in [2.24, 2.45) is 0 Å². The van der Waals surface area contributed by atoms with Crippen molar-refractivity contribution in [2.75, 3.05) is 10.6 Å². The van der Waals surface area contributed by atoms with Crippen molar-refractivity contribution in [1.29, 1.82) is 0 Å². The molecular weight excluding hydrogens is 520 g/mol. The molecule has 0 atom stereocenters. The molecule has 196 valence electrons. The zero-order chi connectivity index (χ0) is 27.2. The van der Waals surface area contributed by atoms with Gasteiger partial charge in [-0.25, -0.2) is 22.2 Å². The van der Waals surface area contributed by atoms with Crippen molar-refractivity contribution in [3.05, 3.63) is 89.0 Å². The van der Waals surface area contributed by atoms with Crippen LogP contribution < -0.4 is 10.6 Å². The smallest absolute Gasteiger partial charge is 0.273 e. The minimum atomic E-state index is -4.34. The Morgan fingerprint density at radius 1 is 1.03 bits per heavy atom. The van der Waals surface area contributed by atoms with Crippen LogP contribution >= 0.6 is 0 Å². The van der Waals surface area contributed by atoms with E-state index in [4.69, 9.17) is 0 Å². The number of nitrogens with one attached hydrogen (secondary N) is 4. The van der Waals surface area contributed by atoms with Gasteiger partial charge >= 0.3 is 0 Å². The number of sulfonamides is 1. The van der Waals surface area contributed by atoms with E-state index in [0.29, 0.717) is 17.3 Å². The molecule has 1 aliphatic heterocycles. The Morgan fingerprint density at radius 3 is 2.42 bits per heavy atom. The molecule has 4 aromatic rings. The molecule has 1 aromatic carbocycles. The molecule has 0 spiro atoms. The van der Waals surface area contributed by atoms with Gasteiger partial charge in [-0.15, -0.1) is 0 Å². The van der Waals surface area contributed by atoms with E-state index in [1.165, 1.54) is 18.3 Å². The van der Waals surface area contributed by atoms with E-state index in [1.54, 1.807) is 32.2 Å². The largest absolute Gasteiger partial charge is 0.357 e. The summed E-state index contributed by atoms with van der Waals surface area (Å²) in [4.78, 5) is 31.9. The van der Waals surface area contributed by atoms with E-state index in [0.717, 1.165) is 16.4 Å². The normalized spacial score (nSPS) is 14.7. The van der Waals surface area contributed by atoms with Crippen LogP contribution in [0, 0.1) is 11.6 Å². The molecule has 11 nitrogen and oxygen atoms in total. The molecule has 0 unspecified atom stereocenters. The average molecular weight is 542 g/mol. The van der Waals surface area contributed by atoms with Crippen LogP contribution in [0.3, 0.4) is 0 Å². The first-order valence-corrected chi connectivity index (χ1v) is 12.7. The highest BCUT2D eigenvalue weighted by Crippen LogP contribution is 2.44. The van der Waals surface area contributed by atoms with Gasteiger partial charge in [0.15, 0.2) is 5.82 Å². The number of rotatable bonds is 6. The summed E-state index contributed by atoms with van der Waals surface area (Å²) >= 11 is 0. The minimum absolute atomic E-state index is 0.00875. The highest BCUT2D eigenvalue weighted by molar-refractivity contribution is 7.89. The van der Waals surface area contributed by atoms with Crippen molar-refractivity contribution in [1.82, 2.24) is 24.5 Å². The molecule has 0 fully saturated rings. The number of hydrogen-bond acceptors (Lipinski definition) is 6. The topological polar surface area (TPSA) is 153 Å². The summed E-state index contributed by atoms with van der Waals surface area (Å²) in [5, 5.41) is 12.1. The van der Waals surface area contributed by atoms with Crippen molar-refractivity contribution < 1.29 is 26.8 Å². The Balaban J connectivity index is 1.41. The lowest BCUT2D eigenvalue weighted by Gasteiger charge is -2.30. The Hall–Kier alpha value is -4.43. The summed E-state index contributed by atoms with van der Waals surface area (Å²) in [6.07, 6.45) is 2.99. The predicted octanol–water partition coefficient (Wildman–Crippen LogP) is 3.36. The van der Waals surface area contributed by atoms with E-state index in [2.05, 4.69) is 30.8 Å². The first-order chi connectivity index (χ1) is 18.0. The lowest BCUT2D eigenvalue weighted by atomic mass is 10.0. The first-order valence-electron chi connectivity index (χ1n) is 11.3. The number of anilines is 2. The van der Waals surface area contributed by atoms with Gasteiger partial charge < -0.3 is 15.6 Å². The van der Waals surface area contributed by atoms with Crippen molar-refractivity contribution in [3.8, 4) is 0 Å². The average Bonchev–Trinajstić information content (AvgIpc) is 3.58. The molecule has 0 aliphatic carbocycles. The lowest BCUT2D eigenvalue weighted by molar-refractivity contribution is 0.102. The fraction of sp³-hybridized carbons (Fsp3) is 0.167. The van der Waals surface area contributed by atoms with Crippen molar-refractivity contribution in [3.63, 3.8) is 0 Å². The second kappa shape index (κ2) is 9.15. The van der Waals surface area contributed by atoms with Gasteiger partial charge in [0.1, 0.15) is 23.1 Å². The minimum Gasteiger partial charge on any atom is -0.357 e. The monoisotopic (exact) mass is 541 g/mol. The number of aromatic nitrogens is 4. The van der Waals surface area contributed by atoms with Crippen LogP contribution in [0.1, 0.15) is 46.0 Å². The number of benzene rings is 1. The van der Waals surface area contributed by atoms with Gasteiger partial charge in [-0.1, -0.05) is 0 Å². The van der Waals surface area contributed by atoms with E-state index in [9.17, 15) is 26.8 Å². The Labute approximate surface area is 215 Å². The maximum atomic E-state index is 13.8. The summed E-state index contributed by atoms with van der Waals surface area (Å²) in [5.74, 6) is -3.13. The van der Waals surface area contributed by atoms with E-state index < -0.39 is 43.9 Å². The second-order valence-electron chi connectivity index (χ2n) is 8.99. The molecule has 0 saturated heterocycles. The van der Waals surface area contributed by atoms with Gasteiger partial charge in [-0.2, -0.15) is 9.40 Å². The molecule has 4 heterocycles. The molecule has 3 aromatic heterocycles. The molecule has 0 radical (unpaired) electrons. The van der Waals surface area contributed by atoms with Crippen LogP contribution in [0.25, 0.3) is 0 Å². The highest BCUT2D eigenvalue weighted by atomic mass is 32.2. The number of aromatic amines is 2. The van der Waals surface area contributed by atoms with Crippen molar-refractivity contribution >= 4 is 33.5 Å². The molecule has 0 bridgehead atoms. The van der Waals surface area contributed by atoms with Gasteiger partial charge in [0, 0.05) is 30.6 Å². The standard InChI is InChI=1S/C24H21F2N7O4S/c1-24(2)19-17(12-33(24)38(36,37)15-10-13(25)9-14(26)11-15)21(32-31-19)30-22(34)16-5-3-8-28-20(16)29-23(35)18-6-4-7-27-18/h3-11,27H,12H2,1-2H3,(H,28,29,35)(H2,30,31,32,34). The number of H-pyrrole nitrogens is 2.